The molecule has 2 amide bonds. The first kappa shape index (κ1) is 12.4. The van der Waals surface area contributed by atoms with Gasteiger partial charge in [0.2, 0.25) is 11.8 Å². The molecule has 1 aliphatic heterocycles. The van der Waals surface area contributed by atoms with Gasteiger partial charge in [-0.05, 0) is 12.8 Å². The SMILES string of the molecule is CN1CC(C(=O)NC2CCCC2CO)CC1=O. The summed E-state index contributed by atoms with van der Waals surface area (Å²) in [5.74, 6) is -0.0236. The first-order chi connectivity index (χ1) is 8.11. The molecule has 0 spiro atoms. The maximum atomic E-state index is 12.0. The highest BCUT2D eigenvalue weighted by molar-refractivity contribution is 5.89. The van der Waals surface area contributed by atoms with Gasteiger partial charge in [0.1, 0.15) is 0 Å². The zero-order valence-corrected chi connectivity index (χ0v) is 10.2. The summed E-state index contributed by atoms with van der Waals surface area (Å²) in [7, 11) is 1.72. The summed E-state index contributed by atoms with van der Waals surface area (Å²) >= 11 is 0. The summed E-state index contributed by atoms with van der Waals surface area (Å²) in [6, 6.07) is 0.0912. The van der Waals surface area contributed by atoms with Crippen LogP contribution in [0.4, 0.5) is 0 Å². The molecular formula is C12H20N2O3. The minimum Gasteiger partial charge on any atom is -0.396 e. The Labute approximate surface area is 101 Å². The smallest absolute Gasteiger partial charge is 0.225 e. The average molecular weight is 240 g/mol. The van der Waals surface area contributed by atoms with Crippen molar-refractivity contribution in [2.45, 2.75) is 31.7 Å². The molecule has 1 saturated heterocycles. The maximum Gasteiger partial charge on any atom is 0.225 e. The lowest BCUT2D eigenvalue weighted by Crippen LogP contribution is -2.42. The van der Waals surface area contributed by atoms with Crippen LogP contribution in [-0.2, 0) is 9.59 Å². The number of hydrogen-bond donors (Lipinski definition) is 2. The molecular weight excluding hydrogens is 220 g/mol. The topological polar surface area (TPSA) is 69.6 Å². The second-order valence-electron chi connectivity index (χ2n) is 5.16. The van der Waals surface area contributed by atoms with Crippen molar-refractivity contribution in [3.8, 4) is 0 Å². The van der Waals surface area contributed by atoms with E-state index in [1.165, 1.54) is 0 Å². The first-order valence-corrected chi connectivity index (χ1v) is 6.27. The van der Waals surface area contributed by atoms with Crippen molar-refractivity contribution in [2.24, 2.45) is 11.8 Å². The van der Waals surface area contributed by atoms with E-state index in [1.807, 2.05) is 0 Å². The van der Waals surface area contributed by atoms with Crippen molar-refractivity contribution >= 4 is 11.8 Å². The Morgan fingerprint density at radius 2 is 2.29 bits per heavy atom. The van der Waals surface area contributed by atoms with Crippen LogP contribution < -0.4 is 5.32 Å². The van der Waals surface area contributed by atoms with E-state index in [-0.39, 0.29) is 36.3 Å². The number of nitrogens with zero attached hydrogens (tertiary/aromatic N) is 1. The third-order valence-corrected chi connectivity index (χ3v) is 3.93. The van der Waals surface area contributed by atoms with Crippen molar-refractivity contribution in [2.75, 3.05) is 20.2 Å². The minimum atomic E-state index is -0.215. The van der Waals surface area contributed by atoms with Gasteiger partial charge in [0.05, 0.1) is 5.92 Å². The van der Waals surface area contributed by atoms with Crippen LogP contribution in [0.5, 0.6) is 0 Å². The van der Waals surface area contributed by atoms with Gasteiger partial charge in [0, 0.05) is 38.6 Å². The Morgan fingerprint density at radius 1 is 1.53 bits per heavy atom. The van der Waals surface area contributed by atoms with E-state index < -0.39 is 0 Å². The van der Waals surface area contributed by atoms with E-state index >= 15 is 0 Å². The summed E-state index contributed by atoms with van der Waals surface area (Å²) in [6.07, 6.45) is 3.29. The van der Waals surface area contributed by atoms with Crippen molar-refractivity contribution < 1.29 is 14.7 Å². The summed E-state index contributed by atoms with van der Waals surface area (Å²) in [5.41, 5.74) is 0. The number of aliphatic hydroxyl groups is 1. The molecule has 2 rings (SSSR count). The van der Waals surface area contributed by atoms with Crippen LogP contribution in [0.25, 0.3) is 0 Å². The standard InChI is InChI=1S/C12H20N2O3/c1-14-6-9(5-11(14)16)12(17)13-10-4-2-3-8(10)7-15/h8-10,15H,2-7H2,1H3,(H,13,17). The van der Waals surface area contributed by atoms with E-state index in [0.29, 0.717) is 13.0 Å². The summed E-state index contributed by atoms with van der Waals surface area (Å²) < 4.78 is 0. The van der Waals surface area contributed by atoms with Gasteiger partial charge in [-0.25, -0.2) is 0 Å². The lowest BCUT2D eigenvalue weighted by Gasteiger charge is -2.21. The lowest BCUT2D eigenvalue weighted by atomic mass is 10.0. The zero-order chi connectivity index (χ0) is 12.4. The number of aliphatic hydroxyl groups excluding tert-OH is 1. The molecule has 96 valence electrons. The van der Waals surface area contributed by atoms with E-state index in [2.05, 4.69) is 5.32 Å². The second-order valence-corrected chi connectivity index (χ2v) is 5.16. The van der Waals surface area contributed by atoms with Crippen molar-refractivity contribution in [1.82, 2.24) is 10.2 Å². The Morgan fingerprint density at radius 3 is 2.88 bits per heavy atom. The molecule has 5 heteroatoms. The molecule has 0 aromatic heterocycles. The third-order valence-electron chi connectivity index (χ3n) is 3.93. The third kappa shape index (κ3) is 2.60. The number of hydrogen-bond acceptors (Lipinski definition) is 3. The van der Waals surface area contributed by atoms with Crippen LogP contribution >= 0.6 is 0 Å². The molecule has 0 aromatic carbocycles. The molecule has 3 atom stereocenters. The first-order valence-electron chi connectivity index (χ1n) is 6.27. The molecule has 2 N–H and O–H groups in total. The van der Waals surface area contributed by atoms with Gasteiger partial charge in [-0.2, -0.15) is 0 Å². The summed E-state index contributed by atoms with van der Waals surface area (Å²) in [5, 5.41) is 12.2. The molecule has 1 saturated carbocycles. The van der Waals surface area contributed by atoms with Gasteiger partial charge in [-0.1, -0.05) is 6.42 Å². The number of amides is 2. The molecule has 5 nitrogen and oxygen atoms in total. The molecule has 0 radical (unpaired) electrons. The fourth-order valence-electron chi connectivity index (χ4n) is 2.79. The molecule has 0 bridgehead atoms. The Balaban J connectivity index is 1.87. The van der Waals surface area contributed by atoms with E-state index in [9.17, 15) is 14.7 Å². The highest BCUT2D eigenvalue weighted by Crippen LogP contribution is 2.26. The minimum absolute atomic E-state index is 0.0342. The van der Waals surface area contributed by atoms with Crippen LogP contribution in [-0.4, -0.2) is 48.1 Å². The van der Waals surface area contributed by atoms with Crippen LogP contribution in [0.2, 0.25) is 0 Å². The number of rotatable bonds is 3. The second kappa shape index (κ2) is 5.04. The fourth-order valence-corrected chi connectivity index (χ4v) is 2.79. The van der Waals surface area contributed by atoms with Gasteiger partial charge in [-0.15, -0.1) is 0 Å². The number of likely N-dealkylation sites (tertiary alicyclic amines) is 1. The molecule has 1 aliphatic carbocycles. The number of nitrogens with one attached hydrogen (secondary N) is 1. The average Bonchev–Trinajstić information content (AvgIpc) is 2.86. The highest BCUT2D eigenvalue weighted by atomic mass is 16.3. The van der Waals surface area contributed by atoms with E-state index in [1.54, 1.807) is 11.9 Å². The maximum absolute atomic E-state index is 12.0. The van der Waals surface area contributed by atoms with Crippen LogP contribution in [0.3, 0.4) is 0 Å². The van der Waals surface area contributed by atoms with E-state index in [0.717, 1.165) is 19.3 Å². The normalized spacial score (nSPS) is 33.2. The quantitative estimate of drug-likeness (QED) is 0.714. The zero-order valence-electron chi connectivity index (χ0n) is 10.2. The lowest BCUT2D eigenvalue weighted by molar-refractivity contribution is -0.128. The Kier molecular flexibility index (Phi) is 3.66. The van der Waals surface area contributed by atoms with Crippen molar-refractivity contribution in [3.63, 3.8) is 0 Å². The van der Waals surface area contributed by atoms with Crippen molar-refractivity contribution in [3.05, 3.63) is 0 Å². The number of carbonyl (C=O) groups is 2. The van der Waals surface area contributed by atoms with Gasteiger partial charge < -0.3 is 15.3 Å². The molecule has 3 unspecified atom stereocenters. The van der Waals surface area contributed by atoms with Crippen LogP contribution in [0.1, 0.15) is 25.7 Å². The molecule has 17 heavy (non-hydrogen) atoms. The molecule has 1 heterocycles. The van der Waals surface area contributed by atoms with Gasteiger partial charge >= 0.3 is 0 Å². The molecule has 2 aliphatic rings. The summed E-state index contributed by atoms with van der Waals surface area (Å²) in [4.78, 5) is 24.9. The number of carbonyl (C=O) groups excluding carboxylic acids is 2. The van der Waals surface area contributed by atoms with E-state index in [4.69, 9.17) is 0 Å². The largest absolute Gasteiger partial charge is 0.396 e. The van der Waals surface area contributed by atoms with Gasteiger partial charge in [-0.3, -0.25) is 9.59 Å². The van der Waals surface area contributed by atoms with Gasteiger partial charge in [0.25, 0.3) is 0 Å². The predicted octanol–water partition coefficient (Wildman–Crippen LogP) is -0.258. The Bertz CT molecular complexity index is 319. The Hall–Kier alpha value is -1.10. The molecule has 2 fully saturated rings. The fraction of sp³-hybridized carbons (Fsp3) is 0.833. The van der Waals surface area contributed by atoms with Crippen LogP contribution in [0.15, 0.2) is 0 Å². The van der Waals surface area contributed by atoms with Crippen molar-refractivity contribution in [1.29, 1.82) is 0 Å². The molecule has 0 aromatic rings. The summed E-state index contributed by atoms with van der Waals surface area (Å²) in [6.45, 7) is 0.648. The monoisotopic (exact) mass is 240 g/mol. The predicted molar refractivity (Wildman–Crippen MR) is 62.1 cm³/mol. The van der Waals surface area contributed by atoms with Gasteiger partial charge in [0.15, 0.2) is 0 Å². The van der Waals surface area contributed by atoms with Crippen LogP contribution in [0, 0.1) is 11.8 Å². The highest BCUT2D eigenvalue weighted by Gasteiger charge is 2.35.